The zero-order valence-electron chi connectivity index (χ0n) is 12.0. The molecule has 0 saturated heterocycles. The molecule has 0 aliphatic carbocycles. The summed E-state index contributed by atoms with van der Waals surface area (Å²) in [6.45, 7) is 8.36. The molecule has 1 atom stereocenters. The van der Waals surface area contributed by atoms with Crippen LogP contribution in [0.4, 0.5) is 0 Å². The smallest absolute Gasteiger partial charge is 0.261 e. The number of nitrogens with two attached hydrogens (primary N) is 1. The Morgan fingerprint density at radius 2 is 2.30 bits per heavy atom. The number of ether oxygens (including phenoxy) is 2. The largest absolute Gasteiger partial charge is 0.490 e. The van der Waals surface area contributed by atoms with Crippen molar-refractivity contribution >= 4 is 5.91 Å². The summed E-state index contributed by atoms with van der Waals surface area (Å²) < 4.78 is 11.2. The summed E-state index contributed by atoms with van der Waals surface area (Å²) in [6.07, 6.45) is 0.978. The van der Waals surface area contributed by atoms with Crippen molar-refractivity contribution in [2.75, 3.05) is 13.2 Å². The molecular formula is C15H22N2O3. The molecule has 110 valence electrons. The Balaban J connectivity index is 2.88. The number of carbonyl (C=O) groups is 1. The van der Waals surface area contributed by atoms with Crippen LogP contribution in [0.25, 0.3) is 0 Å². The summed E-state index contributed by atoms with van der Waals surface area (Å²) in [4.78, 5) is 11.8. The second-order valence-electron chi connectivity index (χ2n) is 4.18. The van der Waals surface area contributed by atoms with E-state index < -0.39 is 6.10 Å². The minimum absolute atomic E-state index is 0.209. The monoisotopic (exact) mass is 278 g/mol. The van der Waals surface area contributed by atoms with Gasteiger partial charge in [-0.15, -0.1) is 6.58 Å². The van der Waals surface area contributed by atoms with Crippen molar-refractivity contribution in [3.05, 3.63) is 36.4 Å². The number of hydrogen-bond acceptors (Lipinski definition) is 4. The van der Waals surface area contributed by atoms with Crippen molar-refractivity contribution in [1.29, 1.82) is 0 Å². The fourth-order valence-electron chi connectivity index (χ4n) is 1.67. The van der Waals surface area contributed by atoms with Crippen molar-refractivity contribution in [1.82, 2.24) is 5.32 Å². The van der Waals surface area contributed by atoms with E-state index in [9.17, 15) is 4.79 Å². The van der Waals surface area contributed by atoms with Gasteiger partial charge in [-0.1, -0.05) is 18.2 Å². The molecule has 1 unspecified atom stereocenters. The van der Waals surface area contributed by atoms with Crippen LogP contribution >= 0.6 is 0 Å². The van der Waals surface area contributed by atoms with Gasteiger partial charge in [0.1, 0.15) is 0 Å². The van der Waals surface area contributed by atoms with Gasteiger partial charge in [0.25, 0.3) is 5.91 Å². The predicted molar refractivity (Wildman–Crippen MR) is 78.8 cm³/mol. The molecule has 1 aromatic carbocycles. The lowest BCUT2D eigenvalue weighted by molar-refractivity contribution is -0.127. The van der Waals surface area contributed by atoms with Crippen LogP contribution < -0.4 is 20.5 Å². The first-order chi connectivity index (χ1) is 9.63. The third-order valence-corrected chi connectivity index (χ3v) is 2.66. The van der Waals surface area contributed by atoms with E-state index in [1.165, 1.54) is 0 Å². The van der Waals surface area contributed by atoms with Gasteiger partial charge in [-0.2, -0.15) is 0 Å². The van der Waals surface area contributed by atoms with Gasteiger partial charge in [-0.25, -0.2) is 0 Å². The Kier molecular flexibility index (Phi) is 6.59. The first kappa shape index (κ1) is 16.0. The van der Waals surface area contributed by atoms with E-state index in [4.69, 9.17) is 15.2 Å². The van der Waals surface area contributed by atoms with Crippen LogP contribution in [-0.2, 0) is 11.3 Å². The lowest BCUT2D eigenvalue weighted by Crippen LogP contribution is -2.36. The number of rotatable bonds is 8. The number of carbonyl (C=O) groups excluding carboxylic acids is 1. The topological polar surface area (TPSA) is 73.6 Å². The van der Waals surface area contributed by atoms with Gasteiger partial charge in [-0.3, -0.25) is 4.79 Å². The van der Waals surface area contributed by atoms with E-state index in [1.807, 2.05) is 19.1 Å². The fraction of sp³-hybridized carbons (Fsp3) is 0.400. The van der Waals surface area contributed by atoms with E-state index in [0.717, 1.165) is 5.56 Å². The molecule has 0 spiro atoms. The SMILES string of the molecule is C=CCNC(=O)C(C)Oc1c(CN)cccc1OCC. The number of para-hydroxylation sites is 1. The van der Waals surface area contributed by atoms with Gasteiger partial charge < -0.3 is 20.5 Å². The Morgan fingerprint density at radius 1 is 1.55 bits per heavy atom. The molecule has 5 nitrogen and oxygen atoms in total. The van der Waals surface area contributed by atoms with Gasteiger partial charge in [0.2, 0.25) is 0 Å². The lowest BCUT2D eigenvalue weighted by Gasteiger charge is -2.19. The van der Waals surface area contributed by atoms with Crippen LogP contribution in [-0.4, -0.2) is 25.2 Å². The van der Waals surface area contributed by atoms with Crippen molar-refractivity contribution in [3.63, 3.8) is 0 Å². The summed E-state index contributed by atoms with van der Waals surface area (Å²) in [7, 11) is 0. The molecule has 0 radical (unpaired) electrons. The zero-order chi connectivity index (χ0) is 15.0. The van der Waals surface area contributed by atoms with E-state index in [2.05, 4.69) is 11.9 Å². The van der Waals surface area contributed by atoms with Gasteiger partial charge in [-0.05, 0) is 19.9 Å². The molecule has 0 fully saturated rings. The lowest BCUT2D eigenvalue weighted by atomic mass is 10.2. The summed E-state index contributed by atoms with van der Waals surface area (Å²) in [5, 5.41) is 2.69. The maximum Gasteiger partial charge on any atom is 0.261 e. The molecule has 3 N–H and O–H groups in total. The second kappa shape index (κ2) is 8.22. The van der Waals surface area contributed by atoms with E-state index in [-0.39, 0.29) is 5.91 Å². The second-order valence-corrected chi connectivity index (χ2v) is 4.18. The minimum atomic E-state index is -0.637. The number of hydrogen-bond donors (Lipinski definition) is 2. The maximum absolute atomic E-state index is 11.8. The number of amides is 1. The van der Waals surface area contributed by atoms with Gasteiger partial charge in [0, 0.05) is 18.7 Å². The zero-order valence-corrected chi connectivity index (χ0v) is 12.0. The minimum Gasteiger partial charge on any atom is -0.490 e. The molecule has 0 aliphatic rings. The van der Waals surface area contributed by atoms with Crippen LogP contribution in [0.5, 0.6) is 11.5 Å². The van der Waals surface area contributed by atoms with Gasteiger partial charge in [0.05, 0.1) is 6.61 Å². The third-order valence-electron chi connectivity index (χ3n) is 2.66. The van der Waals surface area contributed by atoms with Gasteiger partial charge in [0.15, 0.2) is 17.6 Å². The molecule has 0 bridgehead atoms. The van der Waals surface area contributed by atoms with E-state index in [1.54, 1.807) is 19.1 Å². The first-order valence-corrected chi connectivity index (χ1v) is 6.64. The highest BCUT2D eigenvalue weighted by atomic mass is 16.5. The van der Waals surface area contributed by atoms with Crippen molar-refractivity contribution in [3.8, 4) is 11.5 Å². The highest BCUT2D eigenvalue weighted by Gasteiger charge is 2.18. The van der Waals surface area contributed by atoms with Crippen LogP contribution in [0, 0.1) is 0 Å². The average molecular weight is 278 g/mol. The van der Waals surface area contributed by atoms with Crippen molar-refractivity contribution < 1.29 is 14.3 Å². The predicted octanol–water partition coefficient (Wildman–Crippen LogP) is 1.61. The van der Waals surface area contributed by atoms with Crippen molar-refractivity contribution in [2.24, 2.45) is 5.73 Å². The van der Waals surface area contributed by atoms with Crippen LogP contribution in [0.1, 0.15) is 19.4 Å². The van der Waals surface area contributed by atoms with Crippen LogP contribution in [0.3, 0.4) is 0 Å². The quantitative estimate of drug-likeness (QED) is 0.709. The number of nitrogens with one attached hydrogen (secondary N) is 1. The van der Waals surface area contributed by atoms with Gasteiger partial charge >= 0.3 is 0 Å². The summed E-state index contributed by atoms with van der Waals surface area (Å²) >= 11 is 0. The molecule has 1 aromatic rings. The molecule has 1 rings (SSSR count). The van der Waals surface area contributed by atoms with Crippen LogP contribution in [0.2, 0.25) is 0 Å². The molecule has 0 aromatic heterocycles. The molecule has 0 heterocycles. The third kappa shape index (κ3) is 4.28. The Bertz CT molecular complexity index is 460. The van der Waals surface area contributed by atoms with E-state index in [0.29, 0.717) is 31.2 Å². The number of benzene rings is 1. The summed E-state index contributed by atoms with van der Waals surface area (Å²) in [5.74, 6) is 0.913. The standard InChI is InChI=1S/C15H22N2O3/c1-4-9-17-15(18)11(3)20-14-12(10-16)7-6-8-13(14)19-5-2/h4,6-8,11H,1,5,9-10,16H2,2-3H3,(H,17,18). The first-order valence-electron chi connectivity index (χ1n) is 6.64. The Morgan fingerprint density at radius 3 is 2.90 bits per heavy atom. The Hall–Kier alpha value is -2.01. The summed E-state index contributed by atoms with van der Waals surface area (Å²) in [6, 6.07) is 5.50. The Labute approximate surface area is 119 Å². The highest BCUT2D eigenvalue weighted by molar-refractivity contribution is 5.81. The molecule has 0 aliphatic heterocycles. The molecule has 0 saturated carbocycles. The van der Waals surface area contributed by atoms with Crippen molar-refractivity contribution in [2.45, 2.75) is 26.5 Å². The normalized spacial score (nSPS) is 11.6. The van der Waals surface area contributed by atoms with E-state index >= 15 is 0 Å². The molecule has 1 amide bonds. The molecule has 5 heteroatoms. The highest BCUT2D eigenvalue weighted by Crippen LogP contribution is 2.32. The average Bonchev–Trinajstić information content (AvgIpc) is 2.46. The molecule has 20 heavy (non-hydrogen) atoms. The molecular weight excluding hydrogens is 256 g/mol. The fourth-order valence-corrected chi connectivity index (χ4v) is 1.67. The van der Waals surface area contributed by atoms with Crippen LogP contribution in [0.15, 0.2) is 30.9 Å². The maximum atomic E-state index is 11.8. The summed E-state index contributed by atoms with van der Waals surface area (Å²) in [5.41, 5.74) is 6.50.